The van der Waals surface area contributed by atoms with Gasteiger partial charge in [-0.05, 0) is 26.8 Å². The van der Waals surface area contributed by atoms with Crippen LogP contribution in [-0.4, -0.2) is 23.0 Å². The van der Waals surface area contributed by atoms with Gasteiger partial charge < -0.3 is 5.73 Å². The second-order valence-corrected chi connectivity index (χ2v) is 5.83. The van der Waals surface area contributed by atoms with Gasteiger partial charge in [0.05, 0.1) is 11.7 Å². The monoisotopic (exact) mass is 223 g/mol. The molecular formula is C11H17N3S. The fourth-order valence-electron chi connectivity index (χ4n) is 2.78. The fourth-order valence-corrected chi connectivity index (χ4v) is 4.02. The van der Waals surface area contributed by atoms with E-state index in [4.69, 9.17) is 10.7 Å². The van der Waals surface area contributed by atoms with Crippen LogP contribution in [0.2, 0.25) is 0 Å². The molecular weight excluding hydrogens is 206 g/mol. The molecule has 4 heteroatoms. The number of nitrogens with two attached hydrogens (primary N) is 1. The standard InChI is InChI=1S/C11H17N3S/c1-6(12)11-13-8-5-7-3-4-9(14(7)2)10(8)15-11/h6-7,9H,3-5,12H2,1-2H3. The number of hydrogen-bond donors (Lipinski definition) is 1. The molecule has 3 heterocycles. The van der Waals surface area contributed by atoms with E-state index in [0.29, 0.717) is 6.04 Å². The van der Waals surface area contributed by atoms with Crippen molar-refractivity contribution in [3.63, 3.8) is 0 Å². The van der Waals surface area contributed by atoms with Gasteiger partial charge >= 0.3 is 0 Å². The minimum Gasteiger partial charge on any atom is -0.322 e. The Morgan fingerprint density at radius 2 is 2.33 bits per heavy atom. The highest BCUT2D eigenvalue weighted by Crippen LogP contribution is 2.45. The van der Waals surface area contributed by atoms with Crippen LogP contribution < -0.4 is 5.73 Å². The van der Waals surface area contributed by atoms with E-state index in [0.717, 1.165) is 17.5 Å². The van der Waals surface area contributed by atoms with Crippen molar-refractivity contribution in [2.24, 2.45) is 5.73 Å². The molecule has 3 nitrogen and oxygen atoms in total. The SMILES string of the molecule is CC(N)c1nc2c(s1)C1CCC(C2)N1C. The maximum Gasteiger partial charge on any atom is 0.110 e. The Hall–Kier alpha value is -0.450. The number of rotatable bonds is 1. The van der Waals surface area contributed by atoms with Gasteiger partial charge in [0, 0.05) is 23.4 Å². The predicted octanol–water partition coefficient (Wildman–Crippen LogP) is 1.85. The average molecular weight is 223 g/mol. The summed E-state index contributed by atoms with van der Waals surface area (Å²) >= 11 is 1.83. The topological polar surface area (TPSA) is 42.1 Å². The summed E-state index contributed by atoms with van der Waals surface area (Å²) in [6.07, 6.45) is 3.76. The molecule has 82 valence electrons. The molecule has 1 aromatic rings. The number of hydrogen-bond acceptors (Lipinski definition) is 4. The summed E-state index contributed by atoms with van der Waals surface area (Å²) < 4.78 is 0. The van der Waals surface area contributed by atoms with Crippen LogP contribution in [-0.2, 0) is 6.42 Å². The molecule has 2 aliphatic heterocycles. The van der Waals surface area contributed by atoms with Crippen molar-refractivity contribution >= 4 is 11.3 Å². The number of likely N-dealkylation sites (N-methyl/N-ethyl adjacent to an activating group) is 1. The quantitative estimate of drug-likeness (QED) is 0.790. The Kier molecular flexibility index (Phi) is 2.13. The lowest BCUT2D eigenvalue weighted by molar-refractivity contribution is 0.226. The molecule has 3 atom stereocenters. The number of fused-ring (bicyclic) bond motifs is 4. The molecule has 0 amide bonds. The highest BCUT2D eigenvalue weighted by Gasteiger charge is 2.39. The number of aromatic nitrogens is 1. The molecule has 1 fully saturated rings. The van der Waals surface area contributed by atoms with Crippen molar-refractivity contribution in [1.29, 1.82) is 0 Å². The number of thiazole rings is 1. The molecule has 0 radical (unpaired) electrons. The Labute approximate surface area is 94.3 Å². The number of nitrogens with zero attached hydrogens (tertiary/aromatic N) is 2. The summed E-state index contributed by atoms with van der Waals surface area (Å²) in [5.74, 6) is 0. The largest absolute Gasteiger partial charge is 0.322 e. The molecule has 1 saturated heterocycles. The van der Waals surface area contributed by atoms with Crippen molar-refractivity contribution in [1.82, 2.24) is 9.88 Å². The normalized spacial score (nSPS) is 31.7. The van der Waals surface area contributed by atoms with E-state index in [-0.39, 0.29) is 6.04 Å². The van der Waals surface area contributed by atoms with E-state index < -0.39 is 0 Å². The summed E-state index contributed by atoms with van der Waals surface area (Å²) in [5.41, 5.74) is 7.22. The van der Waals surface area contributed by atoms with Gasteiger partial charge in [0.25, 0.3) is 0 Å². The van der Waals surface area contributed by atoms with E-state index >= 15 is 0 Å². The molecule has 3 unspecified atom stereocenters. The summed E-state index contributed by atoms with van der Waals surface area (Å²) in [6.45, 7) is 2.02. The van der Waals surface area contributed by atoms with Crippen molar-refractivity contribution in [2.45, 2.75) is 44.3 Å². The smallest absolute Gasteiger partial charge is 0.110 e. The van der Waals surface area contributed by atoms with Crippen LogP contribution >= 0.6 is 11.3 Å². The molecule has 0 spiro atoms. The van der Waals surface area contributed by atoms with Gasteiger partial charge in [0.15, 0.2) is 0 Å². The van der Waals surface area contributed by atoms with Gasteiger partial charge in [-0.15, -0.1) is 11.3 Å². The van der Waals surface area contributed by atoms with Crippen LogP contribution in [0.1, 0.15) is 47.4 Å². The first-order valence-electron chi connectivity index (χ1n) is 5.64. The zero-order chi connectivity index (χ0) is 10.6. The first-order valence-corrected chi connectivity index (χ1v) is 6.45. The van der Waals surface area contributed by atoms with Gasteiger partial charge in [0.1, 0.15) is 5.01 Å². The highest BCUT2D eigenvalue weighted by atomic mass is 32.1. The van der Waals surface area contributed by atoms with Crippen molar-refractivity contribution in [3.8, 4) is 0 Å². The van der Waals surface area contributed by atoms with Crippen molar-refractivity contribution in [2.75, 3.05) is 7.05 Å². The Morgan fingerprint density at radius 3 is 3.07 bits per heavy atom. The first-order chi connectivity index (χ1) is 7.16. The molecule has 1 aromatic heterocycles. The minimum atomic E-state index is 0.0874. The molecule has 0 aromatic carbocycles. The van der Waals surface area contributed by atoms with Gasteiger partial charge in [0.2, 0.25) is 0 Å². The van der Waals surface area contributed by atoms with E-state index in [1.807, 2.05) is 18.3 Å². The van der Waals surface area contributed by atoms with Gasteiger partial charge in [-0.3, -0.25) is 4.90 Å². The summed E-state index contributed by atoms with van der Waals surface area (Å²) in [6, 6.07) is 1.44. The highest BCUT2D eigenvalue weighted by molar-refractivity contribution is 7.12. The Bertz CT molecular complexity index is 385. The van der Waals surface area contributed by atoms with Crippen LogP contribution in [0.25, 0.3) is 0 Å². The molecule has 2 bridgehead atoms. The third-order valence-corrected chi connectivity index (χ3v) is 5.11. The lowest BCUT2D eigenvalue weighted by atomic mass is 10.1. The van der Waals surface area contributed by atoms with E-state index in [1.54, 1.807) is 0 Å². The molecule has 2 aliphatic rings. The summed E-state index contributed by atoms with van der Waals surface area (Å²) in [4.78, 5) is 8.70. The van der Waals surface area contributed by atoms with Crippen LogP contribution in [0, 0.1) is 0 Å². The second-order valence-electron chi connectivity index (χ2n) is 4.77. The maximum absolute atomic E-state index is 5.89. The van der Waals surface area contributed by atoms with E-state index in [9.17, 15) is 0 Å². The molecule has 3 rings (SSSR count). The van der Waals surface area contributed by atoms with Crippen LogP contribution in [0.4, 0.5) is 0 Å². The fraction of sp³-hybridized carbons (Fsp3) is 0.727. The Balaban J connectivity index is 2.03. The van der Waals surface area contributed by atoms with Gasteiger partial charge in [-0.2, -0.15) is 0 Å². The lowest BCUT2D eigenvalue weighted by Gasteiger charge is -2.29. The van der Waals surface area contributed by atoms with Gasteiger partial charge in [-0.25, -0.2) is 4.98 Å². The zero-order valence-corrected chi connectivity index (χ0v) is 10.0. The average Bonchev–Trinajstić information content (AvgIpc) is 2.70. The van der Waals surface area contributed by atoms with Crippen molar-refractivity contribution in [3.05, 3.63) is 15.6 Å². The summed E-state index contributed by atoms with van der Waals surface area (Å²) in [5, 5.41) is 1.11. The summed E-state index contributed by atoms with van der Waals surface area (Å²) in [7, 11) is 2.25. The third kappa shape index (κ3) is 1.35. The van der Waals surface area contributed by atoms with Gasteiger partial charge in [-0.1, -0.05) is 0 Å². The van der Waals surface area contributed by atoms with E-state index in [1.165, 1.54) is 23.4 Å². The Morgan fingerprint density at radius 1 is 1.53 bits per heavy atom. The predicted molar refractivity (Wildman–Crippen MR) is 61.9 cm³/mol. The lowest BCUT2D eigenvalue weighted by Crippen LogP contribution is -2.33. The minimum absolute atomic E-state index is 0.0874. The molecule has 2 N–H and O–H groups in total. The second kappa shape index (κ2) is 3.27. The van der Waals surface area contributed by atoms with Crippen LogP contribution in [0.5, 0.6) is 0 Å². The zero-order valence-electron chi connectivity index (χ0n) is 9.23. The molecule has 15 heavy (non-hydrogen) atoms. The first kappa shape index (κ1) is 9.75. The third-order valence-electron chi connectivity index (χ3n) is 3.71. The maximum atomic E-state index is 5.89. The van der Waals surface area contributed by atoms with Crippen LogP contribution in [0.15, 0.2) is 0 Å². The van der Waals surface area contributed by atoms with Crippen LogP contribution in [0.3, 0.4) is 0 Å². The van der Waals surface area contributed by atoms with Crippen molar-refractivity contribution < 1.29 is 0 Å². The van der Waals surface area contributed by atoms with E-state index in [2.05, 4.69) is 11.9 Å². The molecule has 0 saturated carbocycles. The molecule has 0 aliphatic carbocycles.